The van der Waals surface area contributed by atoms with Crippen molar-refractivity contribution >= 4 is 17.5 Å². The van der Waals surface area contributed by atoms with Gasteiger partial charge in [-0.1, -0.05) is 11.6 Å². The Bertz CT molecular complexity index is 345. The molecule has 1 aromatic heterocycles. The fourth-order valence-corrected chi connectivity index (χ4v) is 0.803. The molecular formula is C7H4ClN3O. The lowest BCUT2D eigenvalue weighted by Crippen LogP contribution is -2.18. The second-order valence-electron chi connectivity index (χ2n) is 1.93. The summed E-state index contributed by atoms with van der Waals surface area (Å²) in [5.41, 5.74) is 0.129. The smallest absolute Gasteiger partial charge is 0.266 e. The Morgan fingerprint density at radius 1 is 1.75 bits per heavy atom. The van der Waals surface area contributed by atoms with Gasteiger partial charge in [-0.3, -0.25) is 15.1 Å². The number of nitriles is 1. The number of nitrogens with one attached hydrogen (secondary N) is 1. The third-order valence-corrected chi connectivity index (χ3v) is 1.36. The summed E-state index contributed by atoms with van der Waals surface area (Å²) < 4.78 is 0. The molecule has 1 amide bonds. The van der Waals surface area contributed by atoms with Crippen LogP contribution < -0.4 is 5.32 Å². The van der Waals surface area contributed by atoms with E-state index < -0.39 is 5.91 Å². The van der Waals surface area contributed by atoms with Crippen LogP contribution in [0.25, 0.3) is 0 Å². The van der Waals surface area contributed by atoms with Gasteiger partial charge in [0.15, 0.2) is 6.19 Å². The first-order chi connectivity index (χ1) is 5.74. The lowest BCUT2D eigenvalue weighted by Gasteiger charge is -1.95. The average molecular weight is 182 g/mol. The van der Waals surface area contributed by atoms with Crippen LogP contribution in [0.2, 0.25) is 5.02 Å². The van der Waals surface area contributed by atoms with E-state index in [0.29, 0.717) is 5.02 Å². The van der Waals surface area contributed by atoms with Crippen LogP contribution in [0.5, 0.6) is 0 Å². The van der Waals surface area contributed by atoms with E-state index >= 15 is 0 Å². The van der Waals surface area contributed by atoms with Crippen LogP contribution in [0.15, 0.2) is 18.3 Å². The van der Waals surface area contributed by atoms with Crippen LogP contribution >= 0.6 is 11.6 Å². The Balaban J connectivity index is 2.90. The van der Waals surface area contributed by atoms with Crippen molar-refractivity contribution in [1.29, 1.82) is 5.26 Å². The second-order valence-corrected chi connectivity index (χ2v) is 2.36. The molecule has 1 N–H and O–H groups in total. The van der Waals surface area contributed by atoms with Crippen molar-refractivity contribution in [2.24, 2.45) is 0 Å². The summed E-state index contributed by atoms with van der Waals surface area (Å²) in [6, 6.07) is 2.93. The van der Waals surface area contributed by atoms with Crippen molar-refractivity contribution in [3.8, 4) is 6.19 Å². The maximum Gasteiger partial charge on any atom is 0.282 e. The lowest BCUT2D eigenvalue weighted by molar-refractivity contribution is 0.0968. The van der Waals surface area contributed by atoms with Gasteiger partial charge in [-0.15, -0.1) is 0 Å². The number of carbonyl (C=O) groups is 1. The molecule has 60 valence electrons. The van der Waals surface area contributed by atoms with Crippen molar-refractivity contribution in [2.45, 2.75) is 0 Å². The van der Waals surface area contributed by atoms with E-state index in [1.54, 1.807) is 6.07 Å². The van der Waals surface area contributed by atoms with Gasteiger partial charge in [0.2, 0.25) is 0 Å². The predicted octanol–water partition coefficient (Wildman–Crippen LogP) is 0.946. The molecule has 1 heterocycles. The van der Waals surface area contributed by atoms with Crippen LogP contribution in [-0.4, -0.2) is 10.9 Å². The number of hydrogen-bond donors (Lipinski definition) is 1. The highest BCUT2D eigenvalue weighted by Crippen LogP contribution is 2.07. The average Bonchev–Trinajstić information content (AvgIpc) is 2.05. The molecule has 0 saturated heterocycles. The quantitative estimate of drug-likeness (QED) is 0.518. The predicted molar refractivity (Wildman–Crippen MR) is 42.3 cm³/mol. The van der Waals surface area contributed by atoms with Crippen LogP contribution in [0, 0.1) is 11.5 Å². The summed E-state index contributed by atoms with van der Waals surface area (Å²) in [4.78, 5) is 14.7. The highest BCUT2D eigenvalue weighted by atomic mass is 35.5. The number of pyridine rings is 1. The fraction of sp³-hybridized carbons (Fsp3) is 0. The maximum absolute atomic E-state index is 10.9. The van der Waals surface area contributed by atoms with Crippen molar-refractivity contribution in [3.63, 3.8) is 0 Å². The van der Waals surface area contributed by atoms with Crippen LogP contribution in [-0.2, 0) is 0 Å². The highest BCUT2D eigenvalue weighted by molar-refractivity contribution is 6.30. The molecule has 0 unspecified atom stereocenters. The van der Waals surface area contributed by atoms with Gasteiger partial charge in [-0.05, 0) is 12.1 Å². The first-order valence-corrected chi connectivity index (χ1v) is 3.43. The van der Waals surface area contributed by atoms with E-state index in [4.69, 9.17) is 16.9 Å². The molecule has 4 nitrogen and oxygen atoms in total. The molecule has 12 heavy (non-hydrogen) atoms. The zero-order chi connectivity index (χ0) is 8.97. The van der Waals surface area contributed by atoms with Crippen molar-refractivity contribution in [2.75, 3.05) is 0 Å². The first kappa shape index (κ1) is 8.50. The zero-order valence-electron chi connectivity index (χ0n) is 5.91. The normalized spacial score (nSPS) is 8.67. The van der Waals surface area contributed by atoms with E-state index in [2.05, 4.69) is 4.98 Å². The molecule has 0 spiro atoms. The Hall–Kier alpha value is -1.60. The molecule has 0 atom stereocenters. The Morgan fingerprint density at radius 2 is 2.50 bits per heavy atom. The fourth-order valence-electron chi connectivity index (χ4n) is 0.644. The molecular weight excluding hydrogens is 178 g/mol. The molecule has 5 heteroatoms. The number of rotatable bonds is 1. The minimum atomic E-state index is -0.556. The van der Waals surface area contributed by atoms with Crippen LogP contribution in [0.1, 0.15) is 10.5 Å². The van der Waals surface area contributed by atoms with E-state index in [-0.39, 0.29) is 5.69 Å². The summed E-state index contributed by atoms with van der Waals surface area (Å²) in [7, 11) is 0. The molecule has 0 bridgehead atoms. The largest absolute Gasteiger partial charge is 0.282 e. The molecule has 0 aromatic carbocycles. The Kier molecular flexibility index (Phi) is 2.62. The summed E-state index contributed by atoms with van der Waals surface area (Å²) in [6.45, 7) is 0. The second kappa shape index (κ2) is 3.69. The van der Waals surface area contributed by atoms with Gasteiger partial charge in [-0.2, -0.15) is 5.26 Å². The van der Waals surface area contributed by atoms with Gasteiger partial charge in [-0.25, -0.2) is 0 Å². The molecule has 0 aliphatic heterocycles. The van der Waals surface area contributed by atoms with E-state index in [1.165, 1.54) is 18.5 Å². The molecule has 1 rings (SSSR count). The van der Waals surface area contributed by atoms with Crippen LogP contribution in [0.3, 0.4) is 0 Å². The Morgan fingerprint density at radius 3 is 3.08 bits per heavy atom. The number of amides is 1. The molecule has 0 fully saturated rings. The number of aromatic nitrogens is 1. The van der Waals surface area contributed by atoms with Gasteiger partial charge in [0, 0.05) is 11.2 Å². The molecule has 1 aromatic rings. The monoisotopic (exact) mass is 181 g/mol. The maximum atomic E-state index is 10.9. The molecule has 0 radical (unpaired) electrons. The number of carbonyl (C=O) groups excluding carboxylic acids is 1. The molecule has 0 saturated carbocycles. The minimum absolute atomic E-state index is 0.129. The third-order valence-electron chi connectivity index (χ3n) is 1.12. The molecule has 0 aliphatic rings. The number of halogens is 1. The SMILES string of the molecule is N#CNC(=O)c1cc(Cl)ccn1. The summed E-state index contributed by atoms with van der Waals surface area (Å²) >= 11 is 5.59. The van der Waals surface area contributed by atoms with Crippen LogP contribution in [0.4, 0.5) is 0 Å². The highest BCUT2D eigenvalue weighted by Gasteiger charge is 2.05. The summed E-state index contributed by atoms with van der Waals surface area (Å²) in [6.07, 6.45) is 2.90. The van der Waals surface area contributed by atoms with E-state index in [1.807, 2.05) is 5.32 Å². The van der Waals surface area contributed by atoms with Gasteiger partial charge in [0.05, 0.1) is 0 Å². The van der Waals surface area contributed by atoms with Gasteiger partial charge < -0.3 is 0 Å². The zero-order valence-corrected chi connectivity index (χ0v) is 6.67. The first-order valence-electron chi connectivity index (χ1n) is 3.05. The van der Waals surface area contributed by atoms with Gasteiger partial charge >= 0.3 is 0 Å². The minimum Gasteiger partial charge on any atom is -0.266 e. The standard InChI is InChI=1S/C7H4ClN3O/c8-5-1-2-10-6(3-5)7(12)11-4-9/h1-3H,(H,11,12). The van der Waals surface area contributed by atoms with Gasteiger partial charge in [0.25, 0.3) is 5.91 Å². The topological polar surface area (TPSA) is 65.8 Å². The lowest BCUT2D eigenvalue weighted by atomic mass is 10.3. The summed E-state index contributed by atoms with van der Waals surface area (Å²) in [5.74, 6) is -0.556. The number of hydrogen-bond acceptors (Lipinski definition) is 3. The summed E-state index contributed by atoms with van der Waals surface area (Å²) in [5, 5.41) is 10.5. The molecule has 0 aliphatic carbocycles. The van der Waals surface area contributed by atoms with Crippen molar-refractivity contribution in [3.05, 3.63) is 29.0 Å². The van der Waals surface area contributed by atoms with E-state index in [9.17, 15) is 4.79 Å². The van der Waals surface area contributed by atoms with Crippen molar-refractivity contribution < 1.29 is 4.79 Å². The Labute approximate surface area is 73.8 Å². The third kappa shape index (κ3) is 1.94. The van der Waals surface area contributed by atoms with E-state index in [0.717, 1.165) is 0 Å². The van der Waals surface area contributed by atoms with Crippen molar-refractivity contribution in [1.82, 2.24) is 10.3 Å². The number of nitrogens with zero attached hydrogens (tertiary/aromatic N) is 2. The van der Waals surface area contributed by atoms with Gasteiger partial charge in [0.1, 0.15) is 5.69 Å².